The van der Waals surface area contributed by atoms with Gasteiger partial charge < -0.3 is 18.8 Å². The molecule has 3 aliphatic heterocycles. The molecule has 3 aliphatic rings. The number of thiophene rings is 1. The number of nitrogens with zero attached hydrogens (tertiary/aromatic N) is 3. The summed E-state index contributed by atoms with van der Waals surface area (Å²) in [6.07, 6.45) is 0. The largest absolute Gasteiger partial charge is 0.468 e. The van der Waals surface area contributed by atoms with Crippen LogP contribution < -0.4 is 26.4 Å². The summed E-state index contributed by atoms with van der Waals surface area (Å²) in [6, 6.07) is -15.8. The molecule has 11 aromatic rings. The van der Waals surface area contributed by atoms with Gasteiger partial charge >= 0.3 is 0 Å². The summed E-state index contributed by atoms with van der Waals surface area (Å²) in [5.74, 6) is 0. The van der Waals surface area contributed by atoms with Crippen LogP contribution in [0.3, 0.4) is 0 Å². The summed E-state index contributed by atoms with van der Waals surface area (Å²) >= 11 is 0.739. The van der Waals surface area contributed by atoms with Crippen LogP contribution in [0.4, 0.5) is 34.1 Å². The molecule has 330 valence electrons. The number of hydrogen-bond acceptors (Lipinski definition) is 4. The molecular formula is C62H52BN3OS. The third kappa shape index (κ3) is 5.44. The Morgan fingerprint density at radius 2 is 1.18 bits per heavy atom. The molecule has 0 radical (unpaired) electrons. The SMILES string of the molecule is [2H]c1c([2H])c([2H])c(-c2c([2H])c([2H])c3oc4c(c3c2[2H])N(c2c([2H])c([2H])c3sc5c([2H])c([2H])c([2H])c([2H])c5c3c2[2H])c2c([2H])c(C(C)(C)C)c([2H])c3c2B4c2c([2H])c([2H])c([2H])c4c2N3c2c([2H])c(C(C)(C)C)c([2H])c3c5c([2H])c(C(C)(C)C)c([2H])c([2H])c5n-4c23)c([2H])c1[2H]. The van der Waals surface area contributed by atoms with Gasteiger partial charge in [0, 0.05) is 53.4 Å². The van der Waals surface area contributed by atoms with Crippen molar-refractivity contribution in [1.29, 1.82) is 0 Å². The van der Waals surface area contributed by atoms with Gasteiger partial charge in [-0.1, -0.05) is 135 Å². The number of benzene rings is 8. The molecule has 14 rings (SSSR count). The van der Waals surface area contributed by atoms with Crippen molar-refractivity contribution in [2.75, 3.05) is 9.80 Å². The van der Waals surface area contributed by atoms with Crippen LogP contribution in [0, 0.1) is 0 Å². The number of aromatic nitrogens is 1. The van der Waals surface area contributed by atoms with Crippen LogP contribution in [0.15, 0.2) is 155 Å². The van der Waals surface area contributed by atoms with E-state index in [2.05, 4.69) is 0 Å². The van der Waals surface area contributed by atoms with Gasteiger partial charge in [-0.3, -0.25) is 0 Å². The average Bonchev–Trinajstić information content (AvgIpc) is 1.63. The first-order valence-corrected chi connectivity index (χ1v) is 23.0. The lowest BCUT2D eigenvalue weighted by Crippen LogP contribution is -2.61. The Bertz CT molecular complexity index is 5470. The molecule has 68 heavy (non-hydrogen) atoms. The highest BCUT2D eigenvalue weighted by atomic mass is 32.1. The summed E-state index contributed by atoms with van der Waals surface area (Å²) in [4.78, 5) is 2.59. The van der Waals surface area contributed by atoms with E-state index in [1.54, 1.807) is 62.3 Å². The fourth-order valence-corrected chi connectivity index (χ4v) is 10.7. The molecule has 0 aliphatic carbocycles. The maximum atomic E-state index is 10.8. The van der Waals surface area contributed by atoms with Gasteiger partial charge in [-0.15, -0.1) is 11.3 Å². The maximum Gasteiger partial charge on any atom is 0.297 e. The zero-order valence-electron chi connectivity index (χ0n) is 63.2. The van der Waals surface area contributed by atoms with Crippen molar-refractivity contribution < 1.29 is 38.7 Å². The zero-order chi connectivity index (χ0) is 68.1. The molecule has 0 unspecified atom stereocenters. The van der Waals surface area contributed by atoms with Crippen molar-refractivity contribution in [2.24, 2.45) is 0 Å². The van der Waals surface area contributed by atoms with E-state index in [-0.39, 0.29) is 122 Å². The second kappa shape index (κ2) is 13.4. The van der Waals surface area contributed by atoms with E-state index in [0.29, 0.717) is 0 Å². The normalized spacial score (nSPS) is 19.3. The molecular weight excluding hydrogens is 846 g/mol. The highest BCUT2D eigenvalue weighted by molar-refractivity contribution is 7.25. The summed E-state index contributed by atoms with van der Waals surface area (Å²) in [7, 11) is 0. The van der Waals surface area contributed by atoms with E-state index in [4.69, 9.17) is 15.4 Å². The van der Waals surface area contributed by atoms with E-state index >= 15 is 0 Å². The summed E-state index contributed by atoms with van der Waals surface area (Å²) in [5, 5.41) is -0.905. The van der Waals surface area contributed by atoms with Crippen LogP contribution >= 0.6 is 11.3 Å². The first-order chi connectivity index (χ1) is 43.1. The third-order valence-corrected chi connectivity index (χ3v) is 14.1. The van der Waals surface area contributed by atoms with Gasteiger partial charge in [0.25, 0.3) is 6.71 Å². The molecule has 0 amide bonds. The first kappa shape index (κ1) is 22.4. The van der Waals surface area contributed by atoms with E-state index in [1.807, 2.05) is 0 Å². The highest BCUT2D eigenvalue weighted by Crippen LogP contribution is 2.55. The Morgan fingerprint density at radius 3 is 1.96 bits per heavy atom. The van der Waals surface area contributed by atoms with Crippen molar-refractivity contribution in [3.05, 3.63) is 168 Å². The molecule has 6 heteroatoms. The van der Waals surface area contributed by atoms with Crippen LogP contribution in [0.25, 0.3) is 69.8 Å². The van der Waals surface area contributed by atoms with Gasteiger partial charge in [0.1, 0.15) is 5.58 Å². The van der Waals surface area contributed by atoms with Crippen LogP contribution in [0.5, 0.6) is 0 Å². The number of fused-ring (bicyclic) bond motifs is 14. The Hall–Kier alpha value is -7.02. The number of hydrogen-bond donors (Lipinski definition) is 0. The van der Waals surface area contributed by atoms with Crippen LogP contribution in [0.1, 0.15) is 113 Å². The fourth-order valence-electron chi connectivity index (χ4n) is 9.74. The van der Waals surface area contributed by atoms with Crippen molar-refractivity contribution in [1.82, 2.24) is 4.57 Å². The minimum Gasteiger partial charge on any atom is -0.468 e. The smallest absolute Gasteiger partial charge is 0.297 e. The molecule has 0 atom stereocenters. The zero-order valence-corrected chi connectivity index (χ0v) is 39.1. The number of para-hydroxylation sites is 1. The van der Waals surface area contributed by atoms with Gasteiger partial charge in [-0.2, -0.15) is 0 Å². The van der Waals surface area contributed by atoms with Gasteiger partial charge in [-0.25, -0.2) is 0 Å². The molecule has 8 aromatic carbocycles. The van der Waals surface area contributed by atoms with Crippen molar-refractivity contribution >= 4 is 122 Å². The molecule has 0 saturated carbocycles. The second-order valence-electron chi connectivity index (χ2n) is 20.6. The number of rotatable bonds is 2. The van der Waals surface area contributed by atoms with Crippen LogP contribution in [-0.4, -0.2) is 11.3 Å². The standard InChI is InChI=1S/C62H52BN3OS/c1-60(2,3)37-23-25-47-42(29-37)44-30-38(61(4,5)6)33-51-56(44)65(47)48-20-15-19-46-58(48)66(51)50-32-39(62(7,8)9)31-49-55(50)63(46)59-57(45-28-36(22-26-52(45)67-59)35-16-11-10-12-17-35)64(49)40-24-27-54-43(34-40)41-18-13-14-21-53(41)68-54/h10-34H,1-9H3/i10D,11D,12D,13D,14D,15D,16D,17D,18D,19D,20D,21D,22D,23D,24D,25D,26D,27D,28D,29D,30D,31D,32D,33D,34D. The summed E-state index contributed by atoms with van der Waals surface area (Å²) in [6.45, 7) is 14.0. The van der Waals surface area contributed by atoms with Crippen LogP contribution in [-0.2, 0) is 16.2 Å². The van der Waals surface area contributed by atoms with Gasteiger partial charge in [0.05, 0.1) is 73.7 Å². The topological polar surface area (TPSA) is 24.6 Å². The van der Waals surface area contributed by atoms with Crippen molar-refractivity contribution in [2.45, 2.75) is 78.6 Å². The number of furan rings is 1. The minimum atomic E-state index is -1.76. The Morgan fingerprint density at radius 1 is 0.485 bits per heavy atom. The first-order valence-electron chi connectivity index (χ1n) is 34.7. The van der Waals surface area contributed by atoms with Crippen molar-refractivity contribution in [3.63, 3.8) is 0 Å². The third-order valence-electron chi connectivity index (χ3n) is 13.0. The number of anilines is 6. The maximum absolute atomic E-state index is 10.8. The van der Waals surface area contributed by atoms with E-state index in [9.17, 15) is 23.3 Å². The molecule has 3 aromatic heterocycles. The lowest BCUT2D eigenvalue weighted by molar-refractivity contribution is 0.590. The predicted molar refractivity (Wildman–Crippen MR) is 293 cm³/mol. The molecule has 0 spiro atoms. The molecule has 0 N–H and O–H groups in total. The summed E-state index contributed by atoms with van der Waals surface area (Å²) in [5.41, 5.74) is -8.16. The van der Waals surface area contributed by atoms with E-state index in [1.165, 1.54) is 9.47 Å². The minimum absolute atomic E-state index is 0.00286. The molecule has 0 bridgehead atoms. The van der Waals surface area contributed by atoms with Crippen molar-refractivity contribution in [3.8, 4) is 16.8 Å². The Labute approximate surface area is 437 Å². The Kier molecular flexibility index (Phi) is 4.40. The highest BCUT2D eigenvalue weighted by Gasteiger charge is 2.49. The van der Waals surface area contributed by atoms with Gasteiger partial charge in [-0.05, 0) is 134 Å². The lowest BCUT2D eigenvalue weighted by atomic mass is 9.35. The van der Waals surface area contributed by atoms with Crippen LogP contribution in [0.2, 0.25) is 0 Å². The molecule has 0 fully saturated rings. The second-order valence-corrected chi connectivity index (χ2v) is 21.6. The Balaban J connectivity index is 1.29. The van der Waals surface area contributed by atoms with E-state index < -0.39 is 189 Å². The van der Waals surface area contributed by atoms with Gasteiger partial charge in [0.15, 0.2) is 0 Å². The molecule has 0 saturated heterocycles. The fraction of sp³-hybridized carbons (Fsp3) is 0.194. The average molecular weight is 923 g/mol. The summed E-state index contributed by atoms with van der Waals surface area (Å²) < 4.78 is 250. The molecule has 4 nitrogen and oxygen atoms in total. The predicted octanol–water partition coefficient (Wildman–Crippen LogP) is 15.9. The monoisotopic (exact) mass is 923 g/mol. The quantitative estimate of drug-likeness (QED) is 0.162. The van der Waals surface area contributed by atoms with E-state index in [0.717, 1.165) is 16.2 Å². The van der Waals surface area contributed by atoms with Gasteiger partial charge in [0.2, 0.25) is 0 Å². The lowest BCUT2D eigenvalue weighted by Gasteiger charge is -2.45. The molecule has 6 heterocycles.